The van der Waals surface area contributed by atoms with Crippen molar-refractivity contribution in [2.24, 2.45) is 0 Å². The van der Waals surface area contributed by atoms with Crippen LogP contribution in [0.25, 0.3) is 0 Å². The second kappa shape index (κ2) is 5.46. The summed E-state index contributed by atoms with van der Waals surface area (Å²) in [5, 5.41) is 3.01. The number of amides is 1. The summed E-state index contributed by atoms with van der Waals surface area (Å²) in [7, 11) is 3.66. The van der Waals surface area contributed by atoms with Gasteiger partial charge in [-0.3, -0.25) is 9.78 Å². The first-order valence-corrected chi connectivity index (χ1v) is 4.97. The highest BCUT2D eigenvalue weighted by Crippen LogP contribution is 2.04. The van der Waals surface area contributed by atoms with E-state index >= 15 is 0 Å². The van der Waals surface area contributed by atoms with E-state index in [4.69, 9.17) is 0 Å². The van der Waals surface area contributed by atoms with Gasteiger partial charge in [0.05, 0.1) is 5.56 Å². The van der Waals surface area contributed by atoms with Crippen LogP contribution >= 0.6 is 0 Å². The molecular formula is C11H17N3O. The lowest BCUT2D eigenvalue weighted by atomic mass is 10.2. The summed E-state index contributed by atoms with van der Waals surface area (Å²) in [6, 6.07) is 1.85. The third kappa shape index (κ3) is 3.32. The molecule has 0 atom stereocenters. The molecule has 0 saturated heterocycles. The SMILES string of the molecule is CNCCN(C)C(=O)c1cncc(C)c1. The summed E-state index contributed by atoms with van der Waals surface area (Å²) in [6.07, 6.45) is 3.34. The van der Waals surface area contributed by atoms with E-state index in [9.17, 15) is 4.79 Å². The number of aromatic nitrogens is 1. The molecule has 0 aliphatic carbocycles. The topological polar surface area (TPSA) is 45.2 Å². The number of nitrogens with one attached hydrogen (secondary N) is 1. The molecule has 0 aromatic carbocycles. The highest BCUT2D eigenvalue weighted by molar-refractivity contribution is 5.93. The minimum atomic E-state index is 0.0152. The van der Waals surface area contributed by atoms with Crippen molar-refractivity contribution in [1.82, 2.24) is 15.2 Å². The van der Waals surface area contributed by atoms with Crippen LogP contribution in [-0.2, 0) is 0 Å². The van der Waals surface area contributed by atoms with Crippen molar-refractivity contribution in [2.45, 2.75) is 6.92 Å². The van der Waals surface area contributed by atoms with Crippen molar-refractivity contribution in [3.8, 4) is 0 Å². The number of pyridine rings is 1. The molecule has 1 heterocycles. The van der Waals surface area contributed by atoms with Crippen LogP contribution in [0.2, 0.25) is 0 Å². The summed E-state index contributed by atoms with van der Waals surface area (Å²) < 4.78 is 0. The maximum absolute atomic E-state index is 11.9. The van der Waals surface area contributed by atoms with Gasteiger partial charge in [0.25, 0.3) is 5.91 Å². The molecule has 1 aromatic rings. The first-order valence-electron chi connectivity index (χ1n) is 4.97. The fourth-order valence-electron chi connectivity index (χ4n) is 1.27. The Morgan fingerprint density at radius 3 is 2.87 bits per heavy atom. The van der Waals surface area contributed by atoms with Crippen molar-refractivity contribution in [3.05, 3.63) is 29.6 Å². The molecule has 0 unspecified atom stereocenters. The molecule has 1 N–H and O–H groups in total. The molecule has 0 fully saturated rings. The quantitative estimate of drug-likeness (QED) is 0.789. The largest absolute Gasteiger partial charge is 0.340 e. The Balaban J connectivity index is 2.67. The molecule has 0 aliphatic rings. The average molecular weight is 207 g/mol. The number of likely N-dealkylation sites (N-methyl/N-ethyl adjacent to an activating group) is 2. The van der Waals surface area contributed by atoms with E-state index in [0.29, 0.717) is 12.1 Å². The Hall–Kier alpha value is -1.42. The van der Waals surface area contributed by atoms with Crippen molar-refractivity contribution in [2.75, 3.05) is 27.2 Å². The molecule has 0 bridgehead atoms. The number of aryl methyl sites for hydroxylation is 1. The highest BCUT2D eigenvalue weighted by atomic mass is 16.2. The standard InChI is InChI=1S/C11H17N3O/c1-9-6-10(8-13-7-9)11(15)14(3)5-4-12-2/h6-8,12H,4-5H2,1-3H3. The minimum Gasteiger partial charge on any atom is -0.340 e. The fraction of sp³-hybridized carbons (Fsp3) is 0.455. The van der Waals surface area contributed by atoms with Crippen LogP contribution in [0.1, 0.15) is 15.9 Å². The predicted octanol–water partition coefficient (Wildman–Crippen LogP) is 0.681. The molecule has 82 valence electrons. The zero-order valence-electron chi connectivity index (χ0n) is 9.45. The highest BCUT2D eigenvalue weighted by Gasteiger charge is 2.10. The fourth-order valence-corrected chi connectivity index (χ4v) is 1.27. The summed E-state index contributed by atoms with van der Waals surface area (Å²) in [6.45, 7) is 3.42. The lowest BCUT2D eigenvalue weighted by Gasteiger charge is -2.16. The Bertz CT molecular complexity index is 338. The van der Waals surface area contributed by atoms with Gasteiger partial charge in [-0.1, -0.05) is 0 Å². The molecule has 0 radical (unpaired) electrons. The van der Waals surface area contributed by atoms with E-state index in [1.807, 2.05) is 20.0 Å². The number of nitrogens with zero attached hydrogens (tertiary/aromatic N) is 2. The Kier molecular flexibility index (Phi) is 4.24. The maximum atomic E-state index is 11.9. The first-order chi connectivity index (χ1) is 7.15. The Morgan fingerprint density at radius 1 is 1.53 bits per heavy atom. The molecule has 1 aromatic heterocycles. The van der Waals surface area contributed by atoms with Crippen molar-refractivity contribution in [3.63, 3.8) is 0 Å². The predicted molar refractivity (Wildman–Crippen MR) is 59.9 cm³/mol. The second-order valence-electron chi connectivity index (χ2n) is 3.58. The lowest BCUT2D eigenvalue weighted by molar-refractivity contribution is 0.0796. The van der Waals surface area contributed by atoms with Gasteiger partial charge in [0.15, 0.2) is 0 Å². The van der Waals surface area contributed by atoms with Crippen LogP contribution in [0.4, 0.5) is 0 Å². The van der Waals surface area contributed by atoms with Crippen LogP contribution in [0.3, 0.4) is 0 Å². The van der Waals surface area contributed by atoms with Gasteiger partial charge in [0.2, 0.25) is 0 Å². The summed E-state index contributed by atoms with van der Waals surface area (Å²) in [5.41, 5.74) is 1.65. The van der Waals surface area contributed by atoms with Gasteiger partial charge in [-0.25, -0.2) is 0 Å². The molecular weight excluding hydrogens is 190 g/mol. The van der Waals surface area contributed by atoms with Gasteiger partial charge in [-0.15, -0.1) is 0 Å². The van der Waals surface area contributed by atoms with Crippen LogP contribution in [0, 0.1) is 6.92 Å². The Labute approximate surface area is 90.3 Å². The van der Waals surface area contributed by atoms with E-state index in [1.165, 1.54) is 0 Å². The summed E-state index contributed by atoms with van der Waals surface area (Å²) in [5.74, 6) is 0.0152. The maximum Gasteiger partial charge on any atom is 0.255 e. The van der Waals surface area contributed by atoms with E-state index in [0.717, 1.165) is 12.1 Å². The van der Waals surface area contributed by atoms with Crippen LogP contribution < -0.4 is 5.32 Å². The molecule has 0 aliphatic heterocycles. The van der Waals surface area contributed by atoms with Crippen molar-refractivity contribution in [1.29, 1.82) is 0 Å². The Morgan fingerprint density at radius 2 is 2.27 bits per heavy atom. The zero-order chi connectivity index (χ0) is 11.3. The van der Waals surface area contributed by atoms with Gasteiger partial charge in [0, 0.05) is 32.5 Å². The van der Waals surface area contributed by atoms with Crippen molar-refractivity contribution < 1.29 is 4.79 Å². The molecule has 4 nitrogen and oxygen atoms in total. The smallest absolute Gasteiger partial charge is 0.255 e. The van der Waals surface area contributed by atoms with E-state index in [2.05, 4.69) is 10.3 Å². The zero-order valence-corrected chi connectivity index (χ0v) is 9.45. The third-order valence-electron chi connectivity index (χ3n) is 2.17. The molecule has 1 amide bonds. The molecule has 0 spiro atoms. The second-order valence-corrected chi connectivity index (χ2v) is 3.58. The number of carbonyl (C=O) groups is 1. The minimum absolute atomic E-state index is 0.0152. The number of rotatable bonds is 4. The van der Waals surface area contributed by atoms with Gasteiger partial charge < -0.3 is 10.2 Å². The van der Waals surface area contributed by atoms with E-state index in [-0.39, 0.29) is 5.91 Å². The third-order valence-corrected chi connectivity index (χ3v) is 2.17. The first kappa shape index (κ1) is 11.7. The van der Waals surface area contributed by atoms with Gasteiger partial charge in [0.1, 0.15) is 0 Å². The van der Waals surface area contributed by atoms with E-state index < -0.39 is 0 Å². The number of hydrogen-bond donors (Lipinski definition) is 1. The van der Waals surface area contributed by atoms with Crippen LogP contribution in [-0.4, -0.2) is 43.0 Å². The van der Waals surface area contributed by atoms with Crippen LogP contribution in [0.15, 0.2) is 18.5 Å². The van der Waals surface area contributed by atoms with Gasteiger partial charge >= 0.3 is 0 Å². The molecule has 0 saturated carbocycles. The summed E-state index contributed by atoms with van der Waals surface area (Å²) >= 11 is 0. The lowest BCUT2D eigenvalue weighted by Crippen LogP contribution is -2.32. The van der Waals surface area contributed by atoms with Crippen LogP contribution in [0.5, 0.6) is 0 Å². The van der Waals surface area contributed by atoms with Crippen molar-refractivity contribution >= 4 is 5.91 Å². The normalized spacial score (nSPS) is 10.1. The molecule has 15 heavy (non-hydrogen) atoms. The van der Waals surface area contributed by atoms with Gasteiger partial charge in [-0.05, 0) is 25.6 Å². The monoisotopic (exact) mass is 207 g/mol. The van der Waals surface area contributed by atoms with E-state index in [1.54, 1.807) is 24.3 Å². The average Bonchev–Trinajstić information content (AvgIpc) is 2.24. The molecule has 4 heteroatoms. The summed E-state index contributed by atoms with van der Waals surface area (Å²) in [4.78, 5) is 17.6. The number of hydrogen-bond acceptors (Lipinski definition) is 3. The number of carbonyl (C=O) groups excluding carboxylic acids is 1. The molecule has 1 rings (SSSR count). The van der Waals surface area contributed by atoms with Gasteiger partial charge in [-0.2, -0.15) is 0 Å².